The molecule has 0 rings (SSSR count). The number of ketones is 1. The van der Waals surface area contributed by atoms with Crippen LogP contribution in [0, 0.1) is 0 Å². The van der Waals surface area contributed by atoms with Crippen LogP contribution in [0.3, 0.4) is 0 Å². The number of carbonyl (C=O) groups is 3. The molecule has 1 amide bonds. The molecule has 13 heavy (non-hydrogen) atoms. The first-order valence-electron chi connectivity index (χ1n) is 3.82. The zero-order valence-electron chi connectivity index (χ0n) is 7.16. The lowest BCUT2D eigenvalue weighted by molar-refractivity contribution is -0.131. The zero-order valence-corrected chi connectivity index (χ0v) is 7.16. The lowest BCUT2D eigenvalue weighted by Crippen LogP contribution is -2.34. The monoisotopic (exact) mass is 187 g/mol. The molecule has 0 saturated carbocycles. The third-order valence-electron chi connectivity index (χ3n) is 1.27. The van der Waals surface area contributed by atoms with Gasteiger partial charge in [-0.1, -0.05) is 0 Å². The van der Waals surface area contributed by atoms with Gasteiger partial charge in [0.15, 0.2) is 0 Å². The van der Waals surface area contributed by atoms with E-state index in [9.17, 15) is 14.4 Å². The fourth-order valence-electron chi connectivity index (χ4n) is 0.732. The minimum atomic E-state index is -0.732. The van der Waals surface area contributed by atoms with E-state index in [4.69, 9.17) is 11.5 Å². The summed E-state index contributed by atoms with van der Waals surface area (Å²) in [5, 5.41) is 2.23. The molecule has 0 aromatic rings. The summed E-state index contributed by atoms with van der Waals surface area (Å²) >= 11 is 0. The van der Waals surface area contributed by atoms with Crippen molar-refractivity contribution in [3.05, 3.63) is 0 Å². The quantitative estimate of drug-likeness (QED) is 0.250. The van der Waals surface area contributed by atoms with E-state index in [0.29, 0.717) is 0 Å². The van der Waals surface area contributed by atoms with Gasteiger partial charge in [0.2, 0.25) is 6.29 Å². The largest absolute Gasteiger partial charge is 0.349 e. The predicted molar refractivity (Wildman–Crippen MR) is 45.5 cm³/mol. The fraction of sp³-hybridized carbons (Fsp3) is 0.571. The highest BCUT2D eigenvalue weighted by atomic mass is 16.2. The molecule has 0 aromatic carbocycles. The predicted octanol–water partition coefficient (Wildman–Crippen LogP) is -2.11. The minimum Gasteiger partial charge on any atom is -0.349 e. The van der Waals surface area contributed by atoms with Gasteiger partial charge in [-0.15, -0.1) is 0 Å². The van der Waals surface area contributed by atoms with Gasteiger partial charge >= 0.3 is 0 Å². The Bertz CT molecular complexity index is 203. The van der Waals surface area contributed by atoms with Crippen LogP contribution in [0.2, 0.25) is 0 Å². The van der Waals surface area contributed by atoms with Gasteiger partial charge in [0.05, 0.1) is 6.17 Å². The molecule has 0 atom stereocenters. The summed E-state index contributed by atoms with van der Waals surface area (Å²) in [4.78, 5) is 31.1. The second-order valence-electron chi connectivity index (χ2n) is 2.57. The van der Waals surface area contributed by atoms with Crippen molar-refractivity contribution in [1.82, 2.24) is 5.32 Å². The lowest BCUT2D eigenvalue weighted by atomic mass is 10.2. The van der Waals surface area contributed by atoms with Crippen LogP contribution in [0.25, 0.3) is 0 Å². The second-order valence-corrected chi connectivity index (χ2v) is 2.57. The van der Waals surface area contributed by atoms with E-state index < -0.39 is 12.1 Å². The Morgan fingerprint density at radius 2 is 2.00 bits per heavy atom. The topological polar surface area (TPSA) is 115 Å². The molecule has 0 radical (unpaired) electrons. The summed E-state index contributed by atoms with van der Waals surface area (Å²) in [6, 6.07) is 0. The molecule has 0 aromatic heterocycles. The number of aldehydes is 1. The van der Waals surface area contributed by atoms with E-state index >= 15 is 0 Å². The van der Waals surface area contributed by atoms with Gasteiger partial charge in [-0.25, -0.2) is 0 Å². The first kappa shape index (κ1) is 11.7. The Kier molecular flexibility index (Phi) is 5.66. The molecule has 5 N–H and O–H groups in total. The minimum absolute atomic E-state index is 0.0803. The van der Waals surface area contributed by atoms with E-state index in [-0.39, 0.29) is 31.5 Å². The van der Waals surface area contributed by atoms with Gasteiger partial charge in [-0.2, -0.15) is 0 Å². The molecule has 0 heterocycles. The van der Waals surface area contributed by atoms with Gasteiger partial charge in [0, 0.05) is 19.4 Å². The zero-order chi connectivity index (χ0) is 10.3. The standard InChI is InChI=1S/C7H13N3O3/c8-6(9)3-5(12)1-2-10-7(13)4-11/h4,6H,1-3,8-9H2,(H,10,13). The van der Waals surface area contributed by atoms with Gasteiger partial charge in [0.1, 0.15) is 5.78 Å². The van der Waals surface area contributed by atoms with Gasteiger partial charge in [0.25, 0.3) is 5.91 Å². The summed E-state index contributed by atoms with van der Waals surface area (Å²) in [5.41, 5.74) is 10.3. The Morgan fingerprint density at radius 1 is 1.38 bits per heavy atom. The van der Waals surface area contributed by atoms with Crippen molar-refractivity contribution in [3.8, 4) is 0 Å². The molecule has 0 spiro atoms. The summed E-state index contributed by atoms with van der Waals surface area (Å²) in [5.74, 6) is -0.869. The number of nitrogens with one attached hydrogen (secondary N) is 1. The highest BCUT2D eigenvalue weighted by Crippen LogP contribution is 1.88. The van der Waals surface area contributed by atoms with Crippen molar-refractivity contribution in [1.29, 1.82) is 0 Å². The molecule has 0 saturated heterocycles. The number of nitrogens with two attached hydrogens (primary N) is 2. The molecule has 0 aliphatic carbocycles. The van der Waals surface area contributed by atoms with Crippen molar-refractivity contribution in [2.75, 3.05) is 6.54 Å². The average molecular weight is 187 g/mol. The number of carbonyl (C=O) groups excluding carboxylic acids is 3. The summed E-state index contributed by atoms with van der Waals surface area (Å²) in [7, 11) is 0. The third kappa shape index (κ3) is 7.10. The number of amides is 1. The molecule has 74 valence electrons. The van der Waals surface area contributed by atoms with E-state index in [0.717, 1.165) is 0 Å². The molecule has 6 heteroatoms. The van der Waals surface area contributed by atoms with E-state index in [1.165, 1.54) is 0 Å². The van der Waals surface area contributed by atoms with Crippen LogP contribution in [0.1, 0.15) is 12.8 Å². The van der Waals surface area contributed by atoms with E-state index in [2.05, 4.69) is 5.32 Å². The van der Waals surface area contributed by atoms with Crippen LogP contribution in [0.4, 0.5) is 0 Å². The van der Waals surface area contributed by atoms with Crippen molar-refractivity contribution >= 4 is 18.0 Å². The van der Waals surface area contributed by atoms with Crippen LogP contribution in [-0.4, -0.2) is 30.7 Å². The van der Waals surface area contributed by atoms with E-state index in [1.807, 2.05) is 0 Å². The Morgan fingerprint density at radius 3 is 2.46 bits per heavy atom. The highest BCUT2D eigenvalue weighted by Gasteiger charge is 2.05. The SMILES string of the molecule is NC(N)CC(=O)CCNC(=O)C=O. The Balaban J connectivity index is 3.48. The lowest BCUT2D eigenvalue weighted by Gasteiger charge is -2.03. The number of hydrogen-bond acceptors (Lipinski definition) is 5. The summed E-state index contributed by atoms with van der Waals surface area (Å²) < 4.78 is 0. The van der Waals surface area contributed by atoms with Crippen molar-refractivity contribution < 1.29 is 14.4 Å². The molecular weight excluding hydrogens is 174 g/mol. The maximum absolute atomic E-state index is 10.9. The van der Waals surface area contributed by atoms with Gasteiger partial charge < -0.3 is 16.8 Å². The van der Waals surface area contributed by atoms with Gasteiger partial charge in [-0.3, -0.25) is 14.4 Å². The number of Topliss-reactive ketones (excluding diaryl/α,β-unsaturated/α-hetero) is 1. The number of hydrogen-bond donors (Lipinski definition) is 3. The van der Waals surface area contributed by atoms with Crippen molar-refractivity contribution in [3.63, 3.8) is 0 Å². The van der Waals surface area contributed by atoms with Crippen LogP contribution >= 0.6 is 0 Å². The summed E-state index contributed by atoms with van der Waals surface area (Å²) in [6.45, 7) is 0.142. The van der Waals surface area contributed by atoms with Crippen LogP contribution in [-0.2, 0) is 14.4 Å². The Hall–Kier alpha value is -1.27. The van der Waals surface area contributed by atoms with Crippen molar-refractivity contribution in [2.45, 2.75) is 19.0 Å². The molecule has 0 bridgehead atoms. The molecule has 6 nitrogen and oxygen atoms in total. The summed E-state index contributed by atoms with van der Waals surface area (Å²) in [6.07, 6.45) is -0.283. The maximum atomic E-state index is 10.9. The third-order valence-corrected chi connectivity index (χ3v) is 1.27. The van der Waals surface area contributed by atoms with Crippen LogP contribution < -0.4 is 16.8 Å². The smallest absolute Gasteiger partial charge is 0.284 e. The molecule has 0 aliphatic heterocycles. The molecule has 0 unspecified atom stereocenters. The Labute approximate surface area is 75.6 Å². The van der Waals surface area contributed by atoms with Crippen LogP contribution in [0.15, 0.2) is 0 Å². The van der Waals surface area contributed by atoms with E-state index in [1.54, 1.807) is 0 Å². The first-order chi connectivity index (χ1) is 6.06. The first-order valence-corrected chi connectivity index (χ1v) is 3.82. The molecular formula is C7H13N3O3. The average Bonchev–Trinajstić information content (AvgIpc) is 2.02. The van der Waals surface area contributed by atoms with Crippen LogP contribution in [0.5, 0.6) is 0 Å². The number of rotatable bonds is 6. The molecule has 0 fully saturated rings. The normalized spacial score (nSPS) is 9.77. The highest BCUT2D eigenvalue weighted by molar-refractivity contribution is 6.23. The fourth-order valence-corrected chi connectivity index (χ4v) is 0.732. The maximum Gasteiger partial charge on any atom is 0.284 e. The van der Waals surface area contributed by atoms with Crippen molar-refractivity contribution in [2.24, 2.45) is 11.5 Å². The van der Waals surface area contributed by atoms with Gasteiger partial charge in [-0.05, 0) is 0 Å². The second kappa shape index (κ2) is 6.27. The molecule has 0 aliphatic rings.